The molecule has 0 saturated heterocycles. The van der Waals surface area contributed by atoms with E-state index < -0.39 is 10.0 Å². The van der Waals surface area contributed by atoms with Crippen molar-refractivity contribution >= 4 is 26.0 Å². The Kier molecular flexibility index (Phi) is 4.23. The first kappa shape index (κ1) is 13.5. The second-order valence-electron chi connectivity index (χ2n) is 5.35. The summed E-state index contributed by atoms with van der Waals surface area (Å²) in [6.45, 7) is 6.49. The Balaban J connectivity index is 2.72. The molecular formula is C10H20BrNO2S. The Labute approximate surface area is 101 Å². The first-order valence-electron chi connectivity index (χ1n) is 5.32. The van der Waals surface area contributed by atoms with Gasteiger partial charge < -0.3 is 0 Å². The summed E-state index contributed by atoms with van der Waals surface area (Å²) in [5, 5.41) is 0.715. The molecule has 1 fully saturated rings. The number of hydrogen-bond donors (Lipinski definition) is 0. The minimum atomic E-state index is -3.08. The molecule has 0 aliphatic heterocycles. The Morgan fingerprint density at radius 3 is 2.20 bits per heavy atom. The van der Waals surface area contributed by atoms with Gasteiger partial charge in [0.2, 0.25) is 10.0 Å². The Morgan fingerprint density at radius 1 is 1.33 bits per heavy atom. The average molecular weight is 298 g/mol. The van der Waals surface area contributed by atoms with Crippen LogP contribution in [0.3, 0.4) is 0 Å². The molecule has 0 bridgehead atoms. The SMILES string of the molecule is CC(C)(C)CS(=O)(=O)N(CCBr)C1CC1. The Bertz CT molecular complexity index is 304. The highest BCUT2D eigenvalue weighted by atomic mass is 79.9. The maximum atomic E-state index is 12.1. The molecule has 15 heavy (non-hydrogen) atoms. The van der Waals surface area contributed by atoms with Crippen LogP contribution in [0.15, 0.2) is 0 Å². The monoisotopic (exact) mass is 297 g/mol. The van der Waals surface area contributed by atoms with Gasteiger partial charge in [0.05, 0.1) is 5.75 Å². The lowest BCUT2D eigenvalue weighted by atomic mass is 10.0. The van der Waals surface area contributed by atoms with Gasteiger partial charge in [0.25, 0.3) is 0 Å². The second kappa shape index (κ2) is 4.72. The summed E-state index contributed by atoms with van der Waals surface area (Å²) >= 11 is 3.31. The van der Waals surface area contributed by atoms with Crippen molar-refractivity contribution in [3.05, 3.63) is 0 Å². The summed E-state index contributed by atoms with van der Waals surface area (Å²) < 4.78 is 25.9. The van der Waals surface area contributed by atoms with E-state index in [0.29, 0.717) is 11.9 Å². The van der Waals surface area contributed by atoms with Gasteiger partial charge in [-0.2, -0.15) is 4.31 Å². The van der Waals surface area contributed by atoms with Gasteiger partial charge in [-0.15, -0.1) is 0 Å². The zero-order valence-electron chi connectivity index (χ0n) is 9.66. The molecule has 5 heteroatoms. The van der Waals surface area contributed by atoms with Gasteiger partial charge in [0.1, 0.15) is 0 Å². The molecule has 0 unspecified atom stereocenters. The topological polar surface area (TPSA) is 37.4 Å². The van der Waals surface area contributed by atoms with E-state index in [4.69, 9.17) is 0 Å². The van der Waals surface area contributed by atoms with Crippen LogP contribution in [0.1, 0.15) is 33.6 Å². The van der Waals surface area contributed by atoms with Crippen molar-refractivity contribution in [1.82, 2.24) is 4.31 Å². The molecule has 0 N–H and O–H groups in total. The first-order chi connectivity index (χ1) is 6.76. The largest absolute Gasteiger partial charge is 0.214 e. The molecule has 0 atom stereocenters. The fourth-order valence-corrected chi connectivity index (χ4v) is 4.54. The third kappa shape index (κ3) is 4.41. The lowest BCUT2D eigenvalue weighted by molar-refractivity contribution is 0.396. The maximum Gasteiger partial charge on any atom is 0.214 e. The van der Waals surface area contributed by atoms with Gasteiger partial charge in [-0.1, -0.05) is 36.7 Å². The summed E-state index contributed by atoms with van der Waals surface area (Å²) in [6, 6.07) is 0.273. The van der Waals surface area contributed by atoms with Crippen LogP contribution in [0, 0.1) is 5.41 Å². The summed E-state index contributed by atoms with van der Waals surface area (Å²) in [5.41, 5.74) is -0.168. The third-order valence-electron chi connectivity index (χ3n) is 2.23. The first-order valence-corrected chi connectivity index (χ1v) is 8.05. The van der Waals surface area contributed by atoms with Crippen molar-refractivity contribution < 1.29 is 8.42 Å². The van der Waals surface area contributed by atoms with Crippen LogP contribution in [0.4, 0.5) is 0 Å². The third-order valence-corrected chi connectivity index (χ3v) is 5.01. The van der Waals surface area contributed by atoms with E-state index >= 15 is 0 Å². The van der Waals surface area contributed by atoms with E-state index in [2.05, 4.69) is 15.9 Å². The molecule has 0 radical (unpaired) electrons. The maximum absolute atomic E-state index is 12.1. The minimum absolute atomic E-state index is 0.168. The average Bonchev–Trinajstić information content (AvgIpc) is 2.77. The highest BCUT2D eigenvalue weighted by Gasteiger charge is 2.38. The van der Waals surface area contributed by atoms with Crippen molar-refractivity contribution in [2.45, 2.75) is 39.7 Å². The van der Waals surface area contributed by atoms with Gasteiger partial charge >= 0.3 is 0 Å². The van der Waals surface area contributed by atoms with E-state index in [1.165, 1.54) is 0 Å². The quantitative estimate of drug-likeness (QED) is 0.730. The molecule has 1 saturated carbocycles. The van der Waals surface area contributed by atoms with Gasteiger partial charge in [-0.3, -0.25) is 0 Å². The van der Waals surface area contributed by atoms with Gasteiger partial charge in [-0.25, -0.2) is 8.42 Å². The van der Waals surface area contributed by atoms with E-state index in [9.17, 15) is 8.42 Å². The van der Waals surface area contributed by atoms with Crippen LogP contribution in [0.2, 0.25) is 0 Å². The van der Waals surface area contributed by atoms with Crippen LogP contribution in [-0.2, 0) is 10.0 Å². The van der Waals surface area contributed by atoms with E-state index in [1.54, 1.807) is 4.31 Å². The predicted octanol–water partition coefficient (Wildman–Crippen LogP) is 2.22. The molecule has 90 valence electrons. The normalized spacial score (nSPS) is 18.5. The molecular weight excluding hydrogens is 278 g/mol. The van der Waals surface area contributed by atoms with Gasteiger partial charge in [0.15, 0.2) is 0 Å². The summed E-state index contributed by atoms with van der Waals surface area (Å²) in [7, 11) is -3.08. The van der Waals surface area contributed by atoms with Crippen LogP contribution in [0.25, 0.3) is 0 Å². The number of halogens is 1. The van der Waals surface area contributed by atoms with Crippen molar-refractivity contribution in [3.63, 3.8) is 0 Å². The highest BCUT2D eigenvalue weighted by molar-refractivity contribution is 9.09. The summed E-state index contributed by atoms with van der Waals surface area (Å²) in [6.07, 6.45) is 2.05. The molecule has 1 aliphatic rings. The number of sulfonamides is 1. The zero-order chi connectivity index (χ0) is 11.7. The van der Waals surface area contributed by atoms with Crippen molar-refractivity contribution in [2.75, 3.05) is 17.6 Å². The summed E-state index contributed by atoms with van der Waals surface area (Å²) in [4.78, 5) is 0. The molecule has 1 aliphatic carbocycles. The van der Waals surface area contributed by atoms with E-state index in [0.717, 1.165) is 12.8 Å². The van der Waals surface area contributed by atoms with Crippen LogP contribution >= 0.6 is 15.9 Å². The number of nitrogens with zero attached hydrogens (tertiary/aromatic N) is 1. The van der Waals surface area contributed by atoms with Crippen molar-refractivity contribution in [1.29, 1.82) is 0 Å². The molecule has 3 nitrogen and oxygen atoms in total. The fourth-order valence-electron chi connectivity index (χ4n) is 1.62. The van der Waals surface area contributed by atoms with Crippen molar-refractivity contribution in [2.24, 2.45) is 5.41 Å². The van der Waals surface area contributed by atoms with Crippen molar-refractivity contribution in [3.8, 4) is 0 Å². The van der Waals surface area contributed by atoms with E-state index in [1.807, 2.05) is 20.8 Å². The van der Waals surface area contributed by atoms with E-state index in [-0.39, 0.29) is 17.2 Å². The van der Waals surface area contributed by atoms with Crippen LogP contribution < -0.4 is 0 Å². The smallest absolute Gasteiger partial charge is 0.212 e. The Hall–Kier alpha value is 0.390. The molecule has 0 aromatic heterocycles. The predicted molar refractivity (Wildman–Crippen MR) is 66.8 cm³/mol. The van der Waals surface area contributed by atoms with Crippen LogP contribution in [0.5, 0.6) is 0 Å². The van der Waals surface area contributed by atoms with Gasteiger partial charge in [-0.05, 0) is 18.3 Å². The molecule has 1 rings (SSSR count). The number of hydrogen-bond acceptors (Lipinski definition) is 2. The lowest BCUT2D eigenvalue weighted by Crippen LogP contribution is -2.39. The molecule has 0 aromatic carbocycles. The fraction of sp³-hybridized carbons (Fsp3) is 1.00. The molecule has 0 spiro atoms. The summed E-state index contributed by atoms with van der Waals surface area (Å²) in [5.74, 6) is 0.240. The number of rotatable bonds is 5. The van der Waals surface area contributed by atoms with Gasteiger partial charge in [0, 0.05) is 17.9 Å². The Morgan fingerprint density at radius 2 is 1.87 bits per heavy atom. The second-order valence-corrected chi connectivity index (χ2v) is 8.06. The standard InChI is InChI=1S/C10H20BrNO2S/c1-10(2,3)8-15(13,14)12(7-6-11)9-4-5-9/h9H,4-8H2,1-3H3. The number of alkyl halides is 1. The highest BCUT2D eigenvalue weighted by Crippen LogP contribution is 2.31. The lowest BCUT2D eigenvalue weighted by Gasteiger charge is -2.26. The molecule has 0 amide bonds. The zero-order valence-corrected chi connectivity index (χ0v) is 12.1. The molecule has 0 heterocycles. The minimum Gasteiger partial charge on any atom is -0.212 e. The van der Waals surface area contributed by atoms with Crippen LogP contribution in [-0.4, -0.2) is 36.4 Å². The molecule has 0 aromatic rings.